The lowest BCUT2D eigenvalue weighted by atomic mass is 9.54. The van der Waals surface area contributed by atoms with Gasteiger partial charge in [-0.2, -0.15) is 0 Å². The number of hydrogen-bond donors (Lipinski definition) is 1. The summed E-state index contributed by atoms with van der Waals surface area (Å²) in [6.45, 7) is 0. The third-order valence-corrected chi connectivity index (χ3v) is 8.22. The molecule has 0 radical (unpaired) electrons. The number of anilines is 1. The van der Waals surface area contributed by atoms with Crippen molar-refractivity contribution >= 4 is 17.3 Å². The molecule has 1 aliphatic carbocycles. The topological polar surface area (TPSA) is 30.5 Å². The maximum absolute atomic E-state index is 6.28. The lowest BCUT2D eigenvalue weighted by Crippen LogP contribution is -2.48. The molecule has 1 unspecified atom stereocenters. The fourth-order valence-electron chi connectivity index (χ4n) is 6.30. The molecule has 1 spiro atoms. The number of ether oxygens (including phenoxy) is 2. The van der Waals surface area contributed by atoms with Crippen LogP contribution in [0, 0.1) is 5.41 Å². The highest BCUT2D eigenvalue weighted by Gasteiger charge is 2.67. The molecule has 35 heavy (non-hydrogen) atoms. The Morgan fingerprint density at radius 3 is 1.77 bits per heavy atom. The minimum Gasteiger partial charge on any atom is -0.497 e. The van der Waals surface area contributed by atoms with Crippen molar-refractivity contribution in [3.63, 3.8) is 0 Å². The zero-order chi connectivity index (χ0) is 24.0. The summed E-state index contributed by atoms with van der Waals surface area (Å²) in [4.78, 5) is 0. The number of halogens is 1. The SMILES string of the molecule is COc1ccc(C2(c3ccc(OC)cc3)c3ccccc3NC(c3ccc(Cl)cc3)C23CC3)cc1. The van der Waals surface area contributed by atoms with Crippen molar-refractivity contribution in [2.75, 3.05) is 19.5 Å². The number of nitrogens with one attached hydrogen (secondary N) is 1. The lowest BCUT2D eigenvalue weighted by Gasteiger charge is -2.52. The molecule has 1 aliphatic heterocycles. The van der Waals surface area contributed by atoms with E-state index >= 15 is 0 Å². The van der Waals surface area contributed by atoms with Gasteiger partial charge in [0.2, 0.25) is 0 Å². The van der Waals surface area contributed by atoms with Gasteiger partial charge in [-0.3, -0.25) is 0 Å². The van der Waals surface area contributed by atoms with Gasteiger partial charge in [-0.25, -0.2) is 0 Å². The first kappa shape index (κ1) is 22.1. The monoisotopic (exact) mass is 481 g/mol. The van der Waals surface area contributed by atoms with Crippen molar-refractivity contribution in [1.29, 1.82) is 0 Å². The zero-order valence-electron chi connectivity index (χ0n) is 19.9. The first-order valence-corrected chi connectivity index (χ1v) is 12.4. The van der Waals surface area contributed by atoms with Gasteiger partial charge in [-0.05, 0) is 77.6 Å². The van der Waals surface area contributed by atoms with Gasteiger partial charge in [0.15, 0.2) is 0 Å². The molecule has 0 saturated heterocycles. The molecular weight excluding hydrogens is 454 g/mol. The number of rotatable bonds is 5. The third-order valence-electron chi connectivity index (χ3n) is 7.97. The van der Waals surface area contributed by atoms with E-state index in [2.05, 4.69) is 90.2 Å². The molecule has 1 atom stereocenters. The van der Waals surface area contributed by atoms with E-state index in [0.29, 0.717) is 0 Å². The summed E-state index contributed by atoms with van der Waals surface area (Å²) in [5, 5.41) is 4.69. The van der Waals surface area contributed by atoms with Gasteiger partial charge < -0.3 is 14.8 Å². The Labute approximate surface area is 211 Å². The molecule has 4 aromatic rings. The van der Waals surface area contributed by atoms with Crippen LogP contribution in [0.4, 0.5) is 5.69 Å². The van der Waals surface area contributed by atoms with E-state index in [-0.39, 0.29) is 16.9 Å². The summed E-state index contributed by atoms with van der Waals surface area (Å²) in [5.74, 6) is 1.72. The average molecular weight is 482 g/mol. The van der Waals surface area contributed by atoms with Gasteiger partial charge in [0, 0.05) is 16.1 Å². The van der Waals surface area contributed by atoms with Gasteiger partial charge >= 0.3 is 0 Å². The molecule has 1 heterocycles. The Hall–Kier alpha value is -3.43. The van der Waals surface area contributed by atoms with Gasteiger partial charge in [0.25, 0.3) is 0 Å². The number of fused-ring (bicyclic) bond motifs is 1. The van der Waals surface area contributed by atoms with Gasteiger partial charge in [0.05, 0.1) is 25.7 Å². The highest BCUT2D eigenvalue weighted by molar-refractivity contribution is 6.30. The molecule has 1 N–H and O–H groups in total. The van der Waals surface area contributed by atoms with Crippen molar-refractivity contribution in [3.8, 4) is 11.5 Å². The van der Waals surface area contributed by atoms with Crippen LogP contribution < -0.4 is 14.8 Å². The first-order chi connectivity index (χ1) is 17.1. The van der Waals surface area contributed by atoms with Crippen LogP contribution >= 0.6 is 11.6 Å². The highest BCUT2D eigenvalue weighted by Crippen LogP contribution is 2.73. The predicted octanol–water partition coefficient (Wildman–Crippen LogP) is 7.64. The molecule has 4 heteroatoms. The molecule has 176 valence electrons. The molecule has 2 aliphatic rings. The van der Waals surface area contributed by atoms with Gasteiger partial charge in [0.1, 0.15) is 11.5 Å². The maximum Gasteiger partial charge on any atom is 0.118 e. The summed E-state index contributed by atoms with van der Waals surface area (Å²) in [6.07, 6.45) is 2.22. The van der Waals surface area contributed by atoms with E-state index in [1.807, 2.05) is 12.1 Å². The van der Waals surface area contributed by atoms with E-state index in [9.17, 15) is 0 Å². The summed E-state index contributed by atoms with van der Waals surface area (Å²) in [7, 11) is 3.43. The second-order valence-electron chi connectivity index (χ2n) is 9.54. The fraction of sp³-hybridized carbons (Fsp3) is 0.226. The summed E-state index contributed by atoms with van der Waals surface area (Å²) in [5.41, 5.74) is 5.88. The summed E-state index contributed by atoms with van der Waals surface area (Å²) >= 11 is 6.28. The van der Waals surface area contributed by atoms with E-state index in [4.69, 9.17) is 21.1 Å². The van der Waals surface area contributed by atoms with Crippen LogP contribution in [0.1, 0.15) is 41.1 Å². The Morgan fingerprint density at radius 1 is 0.714 bits per heavy atom. The molecular formula is C31H28ClNO2. The highest BCUT2D eigenvalue weighted by atomic mass is 35.5. The van der Waals surface area contributed by atoms with Crippen LogP contribution in [-0.4, -0.2) is 14.2 Å². The molecule has 0 bridgehead atoms. The van der Waals surface area contributed by atoms with Gasteiger partial charge in [-0.15, -0.1) is 0 Å². The molecule has 1 saturated carbocycles. The molecule has 1 fully saturated rings. The minimum absolute atomic E-state index is 0.0433. The first-order valence-electron chi connectivity index (χ1n) is 12.0. The van der Waals surface area contributed by atoms with E-state index in [1.165, 1.54) is 22.3 Å². The Morgan fingerprint density at radius 2 is 1.26 bits per heavy atom. The van der Waals surface area contributed by atoms with Crippen LogP contribution in [0.3, 0.4) is 0 Å². The van der Waals surface area contributed by atoms with Gasteiger partial charge in [-0.1, -0.05) is 66.2 Å². The average Bonchev–Trinajstić information content (AvgIpc) is 3.71. The smallest absolute Gasteiger partial charge is 0.118 e. The normalized spacial score (nSPS) is 18.9. The zero-order valence-corrected chi connectivity index (χ0v) is 20.7. The Bertz CT molecular complexity index is 1290. The molecule has 6 rings (SSSR count). The largest absolute Gasteiger partial charge is 0.497 e. The van der Waals surface area contributed by atoms with Crippen molar-refractivity contribution in [2.24, 2.45) is 5.41 Å². The number of methoxy groups -OCH3 is 2. The quantitative estimate of drug-likeness (QED) is 0.317. The molecule has 4 aromatic carbocycles. The van der Waals surface area contributed by atoms with Crippen LogP contribution in [-0.2, 0) is 5.41 Å². The van der Waals surface area contributed by atoms with Crippen LogP contribution in [0.15, 0.2) is 97.1 Å². The standard InChI is InChI=1S/C31H28ClNO2/c1-34-25-15-9-22(10-16-25)31(23-11-17-26(35-2)18-12-23)27-5-3-4-6-28(27)33-29(30(31)19-20-30)21-7-13-24(32)14-8-21/h3-18,29,33H,19-20H2,1-2H3. The molecule has 0 aromatic heterocycles. The summed E-state index contributed by atoms with van der Waals surface area (Å²) in [6, 6.07) is 34.5. The van der Waals surface area contributed by atoms with Crippen molar-refractivity contribution in [3.05, 3.63) is 124 Å². The van der Waals surface area contributed by atoms with Crippen LogP contribution in [0.25, 0.3) is 0 Å². The van der Waals surface area contributed by atoms with E-state index in [1.54, 1.807) is 14.2 Å². The fourth-order valence-corrected chi connectivity index (χ4v) is 6.43. The second-order valence-corrected chi connectivity index (χ2v) is 9.97. The number of para-hydroxylation sites is 1. The Balaban J connectivity index is 1.67. The second kappa shape index (κ2) is 8.35. The minimum atomic E-state index is -0.350. The molecule has 3 nitrogen and oxygen atoms in total. The summed E-state index contributed by atoms with van der Waals surface area (Å²) < 4.78 is 11.0. The maximum atomic E-state index is 6.28. The van der Waals surface area contributed by atoms with E-state index < -0.39 is 0 Å². The van der Waals surface area contributed by atoms with E-state index in [0.717, 1.165) is 35.1 Å². The number of hydrogen-bond acceptors (Lipinski definition) is 3. The number of benzene rings is 4. The predicted molar refractivity (Wildman–Crippen MR) is 142 cm³/mol. The van der Waals surface area contributed by atoms with Crippen molar-refractivity contribution in [2.45, 2.75) is 24.3 Å². The van der Waals surface area contributed by atoms with Crippen molar-refractivity contribution < 1.29 is 9.47 Å². The van der Waals surface area contributed by atoms with Crippen LogP contribution in [0.2, 0.25) is 5.02 Å². The third kappa shape index (κ3) is 3.25. The van der Waals surface area contributed by atoms with Crippen molar-refractivity contribution in [1.82, 2.24) is 0 Å². The van der Waals surface area contributed by atoms with Crippen LogP contribution in [0.5, 0.6) is 11.5 Å². The lowest BCUT2D eigenvalue weighted by molar-refractivity contribution is 0.285. The molecule has 0 amide bonds. The Kier molecular flexibility index (Phi) is 5.26.